The quantitative estimate of drug-likeness (QED) is 0.359. The molecule has 3 rings (SSSR count). The number of nitrogens with two attached hydrogens (primary N) is 3. The van der Waals surface area contributed by atoms with Crippen molar-refractivity contribution in [2.24, 2.45) is 5.73 Å². The van der Waals surface area contributed by atoms with Crippen LogP contribution in [0.15, 0.2) is 66.7 Å². The summed E-state index contributed by atoms with van der Waals surface area (Å²) in [4.78, 5) is 0. The predicted molar refractivity (Wildman–Crippen MR) is 127 cm³/mol. The van der Waals surface area contributed by atoms with E-state index in [1.165, 1.54) is 0 Å². The zero-order chi connectivity index (χ0) is 23.1. The lowest BCUT2D eigenvalue weighted by molar-refractivity contribution is 0.0769. The molecule has 0 aliphatic heterocycles. The summed E-state index contributed by atoms with van der Waals surface area (Å²) >= 11 is 0. The van der Waals surface area contributed by atoms with E-state index in [0.717, 1.165) is 11.1 Å². The Kier molecular flexibility index (Phi) is 7.81. The fourth-order valence-electron chi connectivity index (χ4n) is 3.67. The van der Waals surface area contributed by atoms with Crippen molar-refractivity contribution in [2.45, 2.75) is 24.5 Å². The number of aliphatic hydroxyl groups is 1. The number of methoxy groups -OCH3 is 2. The Bertz CT molecular complexity index is 1010. The number of benzene rings is 3. The van der Waals surface area contributed by atoms with Gasteiger partial charge in [0, 0.05) is 12.0 Å². The number of nitrogen functional groups attached to an aromatic ring is 2. The molecule has 170 valence electrons. The highest BCUT2D eigenvalue weighted by Crippen LogP contribution is 2.34. The highest BCUT2D eigenvalue weighted by atomic mass is 16.5. The van der Waals surface area contributed by atoms with Crippen LogP contribution < -0.4 is 31.4 Å². The van der Waals surface area contributed by atoms with Crippen LogP contribution in [0, 0.1) is 0 Å². The first kappa shape index (κ1) is 23.2. The first-order chi connectivity index (χ1) is 15.4. The number of anilines is 2. The van der Waals surface area contributed by atoms with Crippen LogP contribution in [0.4, 0.5) is 11.4 Å². The fraction of sp³-hybridized carbons (Fsp3) is 0.280. The number of hydrogen-bond donors (Lipinski definition) is 4. The van der Waals surface area contributed by atoms with Crippen LogP contribution in [-0.2, 0) is 6.42 Å². The van der Waals surface area contributed by atoms with E-state index < -0.39 is 12.1 Å². The van der Waals surface area contributed by atoms with Crippen molar-refractivity contribution in [1.82, 2.24) is 0 Å². The molecule has 3 atom stereocenters. The minimum Gasteiger partial charge on any atom is -0.493 e. The van der Waals surface area contributed by atoms with E-state index in [1.54, 1.807) is 32.4 Å². The third kappa shape index (κ3) is 5.43. The summed E-state index contributed by atoms with van der Waals surface area (Å²) in [7, 11) is 3.18. The van der Waals surface area contributed by atoms with Gasteiger partial charge in [-0.1, -0.05) is 42.5 Å². The Morgan fingerprint density at radius 2 is 1.56 bits per heavy atom. The van der Waals surface area contributed by atoms with Gasteiger partial charge in [-0.2, -0.15) is 0 Å². The largest absolute Gasteiger partial charge is 0.493 e. The molecule has 0 amide bonds. The lowest BCUT2D eigenvalue weighted by Crippen LogP contribution is -2.44. The SMILES string of the molecule is COc1ccc(C(Cc2ccccc2)C(N)[C@H](O)COc2cccc(N)c2N)cc1OC. The Hall–Kier alpha value is -3.42. The summed E-state index contributed by atoms with van der Waals surface area (Å²) in [6, 6.07) is 20.2. The molecule has 3 aromatic carbocycles. The summed E-state index contributed by atoms with van der Waals surface area (Å²) in [6.45, 7) is -0.0204. The van der Waals surface area contributed by atoms with E-state index in [1.807, 2.05) is 48.5 Å². The summed E-state index contributed by atoms with van der Waals surface area (Å²) in [5.74, 6) is 1.45. The molecule has 0 fully saturated rings. The molecule has 0 saturated heterocycles. The smallest absolute Gasteiger partial charge is 0.160 e. The molecule has 0 aromatic heterocycles. The zero-order valence-electron chi connectivity index (χ0n) is 18.4. The Labute approximate surface area is 188 Å². The van der Waals surface area contributed by atoms with Gasteiger partial charge >= 0.3 is 0 Å². The molecule has 2 unspecified atom stereocenters. The van der Waals surface area contributed by atoms with Crippen molar-refractivity contribution in [2.75, 3.05) is 32.3 Å². The van der Waals surface area contributed by atoms with Gasteiger partial charge in [0.15, 0.2) is 11.5 Å². The van der Waals surface area contributed by atoms with Crippen LogP contribution >= 0.6 is 0 Å². The van der Waals surface area contributed by atoms with Crippen molar-refractivity contribution in [3.05, 3.63) is 77.9 Å². The van der Waals surface area contributed by atoms with Crippen LogP contribution in [0.5, 0.6) is 17.2 Å². The van der Waals surface area contributed by atoms with Crippen molar-refractivity contribution >= 4 is 11.4 Å². The molecule has 0 aliphatic carbocycles. The van der Waals surface area contributed by atoms with Crippen LogP contribution in [0.3, 0.4) is 0 Å². The second-order valence-corrected chi connectivity index (χ2v) is 7.63. The van der Waals surface area contributed by atoms with Gasteiger partial charge in [-0.25, -0.2) is 0 Å². The second-order valence-electron chi connectivity index (χ2n) is 7.63. The van der Waals surface area contributed by atoms with Gasteiger partial charge in [-0.3, -0.25) is 0 Å². The summed E-state index contributed by atoms with van der Waals surface area (Å²) in [5.41, 5.74) is 21.2. The number of rotatable bonds is 10. The highest BCUT2D eigenvalue weighted by molar-refractivity contribution is 5.70. The number of hydrogen-bond acceptors (Lipinski definition) is 7. The average molecular weight is 438 g/mol. The van der Waals surface area contributed by atoms with Gasteiger partial charge in [0.2, 0.25) is 0 Å². The molecule has 7 heteroatoms. The zero-order valence-corrected chi connectivity index (χ0v) is 18.4. The van der Waals surface area contributed by atoms with E-state index in [2.05, 4.69) is 0 Å². The molecular formula is C25H31N3O4. The molecule has 0 heterocycles. The van der Waals surface area contributed by atoms with Gasteiger partial charge in [-0.15, -0.1) is 0 Å². The first-order valence-electron chi connectivity index (χ1n) is 10.4. The maximum Gasteiger partial charge on any atom is 0.160 e. The Morgan fingerprint density at radius 3 is 2.25 bits per heavy atom. The molecule has 7 N–H and O–H groups in total. The van der Waals surface area contributed by atoms with E-state index in [-0.39, 0.29) is 12.5 Å². The first-order valence-corrected chi connectivity index (χ1v) is 10.4. The Balaban J connectivity index is 1.84. The standard InChI is InChI=1S/C25H31N3O4/c1-30-21-12-11-17(14-23(21)31-2)18(13-16-7-4-3-5-8-16)24(27)20(29)15-32-22-10-6-9-19(26)25(22)28/h3-12,14,18,20,24,29H,13,15,26-28H2,1-2H3/t18?,20-,24?/m1/s1. The lowest BCUT2D eigenvalue weighted by atomic mass is 9.83. The average Bonchev–Trinajstić information content (AvgIpc) is 2.83. The topological polar surface area (TPSA) is 126 Å². The summed E-state index contributed by atoms with van der Waals surface area (Å²) < 4.78 is 16.6. The minimum atomic E-state index is -0.947. The molecule has 0 spiro atoms. The van der Waals surface area contributed by atoms with Crippen LogP contribution in [-0.4, -0.2) is 38.1 Å². The van der Waals surface area contributed by atoms with Crippen molar-refractivity contribution < 1.29 is 19.3 Å². The molecule has 0 radical (unpaired) electrons. The van der Waals surface area contributed by atoms with Gasteiger partial charge in [0.05, 0.1) is 25.6 Å². The van der Waals surface area contributed by atoms with Crippen LogP contribution in [0.2, 0.25) is 0 Å². The summed E-state index contributed by atoms with van der Waals surface area (Å²) in [5, 5.41) is 10.9. The monoisotopic (exact) mass is 437 g/mol. The van der Waals surface area contributed by atoms with Gasteiger partial charge in [0.25, 0.3) is 0 Å². The molecule has 0 aliphatic rings. The lowest BCUT2D eigenvalue weighted by Gasteiger charge is -2.29. The van der Waals surface area contributed by atoms with E-state index in [9.17, 15) is 5.11 Å². The van der Waals surface area contributed by atoms with Crippen LogP contribution in [0.25, 0.3) is 0 Å². The molecule has 7 nitrogen and oxygen atoms in total. The molecule has 3 aromatic rings. The van der Waals surface area contributed by atoms with E-state index >= 15 is 0 Å². The van der Waals surface area contributed by atoms with Gasteiger partial charge in [-0.05, 0) is 41.8 Å². The second kappa shape index (κ2) is 10.7. The number of ether oxygens (including phenoxy) is 3. The maximum atomic E-state index is 10.9. The van der Waals surface area contributed by atoms with E-state index in [0.29, 0.717) is 35.0 Å². The molecule has 0 bridgehead atoms. The third-order valence-electron chi connectivity index (χ3n) is 5.55. The normalized spacial score (nSPS) is 13.8. The molecular weight excluding hydrogens is 406 g/mol. The molecule has 32 heavy (non-hydrogen) atoms. The van der Waals surface area contributed by atoms with Crippen molar-refractivity contribution in [1.29, 1.82) is 0 Å². The van der Waals surface area contributed by atoms with Crippen LogP contribution in [0.1, 0.15) is 17.0 Å². The Morgan fingerprint density at radius 1 is 0.844 bits per heavy atom. The van der Waals surface area contributed by atoms with Crippen molar-refractivity contribution in [3.63, 3.8) is 0 Å². The third-order valence-corrected chi connectivity index (χ3v) is 5.55. The highest BCUT2D eigenvalue weighted by Gasteiger charge is 2.28. The van der Waals surface area contributed by atoms with Crippen molar-refractivity contribution in [3.8, 4) is 17.2 Å². The molecule has 0 saturated carbocycles. The number of para-hydroxylation sites is 1. The maximum absolute atomic E-state index is 10.9. The van der Waals surface area contributed by atoms with E-state index in [4.69, 9.17) is 31.4 Å². The fourth-order valence-corrected chi connectivity index (χ4v) is 3.67. The number of aliphatic hydroxyl groups excluding tert-OH is 1. The van der Waals surface area contributed by atoms with Gasteiger partial charge in [0.1, 0.15) is 18.5 Å². The van der Waals surface area contributed by atoms with Gasteiger partial charge < -0.3 is 36.5 Å². The predicted octanol–water partition coefficient (Wildman–Crippen LogP) is 2.96. The summed E-state index contributed by atoms with van der Waals surface area (Å²) in [6.07, 6.45) is -0.313. The minimum absolute atomic E-state index is 0.0204.